The van der Waals surface area contributed by atoms with E-state index >= 15 is 0 Å². The van der Waals surface area contributed by atoms with Gasteiger partial charge in [0.2, 0.25) is 0 Å². The van der Waals surface area contributed by atoms with Gasteiger partial charge in [0.25, 0.3) is 0 Å². The second kappa shape index (κ2) is 7.58. The van der Waals surface area contributed by atoms with E-state index in [1.54, 1.807) is 0 Å². The Morgan fingerprint density at radius 1 is 1.38 bits per heavy atom. The topological polar surface area (TPSA) is 49.9 Å². The molecule has 0 amide bonds. The Kier molecular flexibility index (Phi) is 7.26. The van der Waals surface area contributed by atoms with Crippen molar-refractivity contribution in [2.45, 2.75) is 25.2 Å². The minimum absolute atomic E-state index is 0. The maximum Gasteiger partial charge on any atom is 0.122 e. The molecule has 1 atom stereocenters. The standard InChI is InChI=1S/C12H18N2S.ClH/c1-3-9(2)8-15-11-6-4-10(5-7-11)12(13)14;/h4-7,9H,3,8H2,1-2H3,(H3,13,14);1H. The first kappa shape index (κ1) is 15.3. The van der Waals surface area contributed by atoms with Gasteiger partial charge in [0.1, 0.15) is 5.84 Å². The zero-order valence-corrected chi connectivity index (χ0v) is 11.3. The molecule has 0 aromatic heterocycles. The van der Waals surface area contributed by atoms with Crippen LogP contribution >= 0.6 is 24.2 Å². The van der Waals surface area contributed by atoms with Gasteiger partial charge in [-0.3, -0.25) is 5.41 Å². The van der Waals surface area contributed by atoms with Crippen LogP contribution in [0.1, 0.15) is 25.8 Å². The molecule has 1 unspecified atom stereocenters. The fraction of sp³-hybridized carbons (Fsp3) is 0.417. The van der Waals surface area contributed by atoms with Crippen molar-refractivity contribution in [3.8, 4) is 0 Å². The summed E-state index contributed by atoms with van der Waals surface area (Å²) in [6, 6.07) is 7.87. The maximum atomic E-state index is 7.28. The van der Waals surface area contributed by atoms with Gasteiger partial charge in [-0.05, 0) is 18.1 Å². The van der Waals surface area contributed by atoms with Gasteiger partial charge >= 0.3 is 0 Å². The second-order valence-corrected chi connectivity index (χ2v) is 4.86. The summed E-state index contributed by atoms with van der Waals surface area (Å²) in [6.45, 7) is 4.47. The number of thioether (sulfide) groups is 1. The number of halogens is 1. The summed E-state index contributed by atoms with van der Waals surface area (Å²) >= 11 is 1.86. The van der Waals surface area contributed by atoms with Crippen LogP contribution in [-0.2, 0) is 0 Å². The molecule has 0 heterocycles. The van der Waals surface area contributed by atoms with Crippen LogP contribution < -0.4 is 5.73 Å². The van der Waals surface area contributed by atoms with E-state index in [2.05, 4.69) is 13.8 Å². The fourth-order valence-electron chi connectivity index (χ4n) is 1.09. The van der Waals surface area contributed by atoms with Gasteiger partial charge in [0.05, 0.1) is 0 Å². The molecule has 90 valence electrons. The van der Waals surface area contributed by atoms with Crippen LogP contribution in [-0.4, -0.2) is 11.6 Å². The van der Waals surface area contributed by atoms with E-state index in [4.69, 9.17) is 11.1 Å². The minimum atomic E-state index is 0. The molecule has 16 heavy (non-hydrogen) atoms. The molecule has 0 fully saturated rings. The van der Waals surface area contributed by atoms with Crippen LogP contribution in [0.4, 0.5) is 0 Å². The number of hydrogen-bond donors (Lipinski definition) is 2. The average molecular weight is 259 g/mol. The predicted octanol–water partition coefficient (Wildman–Crippen LogP) is 3.53. The maximum absolute atomic E-state index is 7.28. The number of nitrogens with one attached hydrogen (secondary N) is 1. The third kappa shape index (κ3) is 4.90. The first-order valence-electron chi connectivity index (χ1n) is 5.20. The van der Waals surface area contributed by atoms with Gasteiger partial charge in [-0.25, -0.2) is 0 Å². The first-order chi connectivity index (χ1) is 7.13. The van der Waals surface area contributed by atoms with Crippen LogP contribution in [0.25, 0.3) is 0 Å². The van der Waals surface area contributed by atoms with Crippen LogP contribution in [0, 0.1) is 11.3 Å². The van der Waals surface area contributed by atoms with Crippen LogP contribution in [0.5, 0.6) is 0 Å². The molecule has 4 heteroatoms. The zero-order valence-electron chi connectivity index (χ0n) is 9.69. The summed E-state index contributed by atoms with van der Waals surface area (Å²) in [4.78, 5) is 1.25. The number of benzene rings is 1. The number of amidine groups is 1. The van der Waals surface area contributed by atoms with E-state index in [-0.39, 0.29) is 18.2 Å². The van der Waals surface area contributed by atoms with Crippen molar-refractivity contribution in [1.82, 2.24) is 0 Å². The zero-order chi connectivity index (χ0) is 11.3. The third-order valence-corrected chi connectivity index (χ3v) is 3.74. The van der Waals surface area contributed by atoms with Crippen molar-refractivity contribution in [1.29, 1.82) is 5.41 Å². The lowest BCUT2D eigenvalue weighted by molar-refractivity contribution is 0.637. The molecule has 0 aliphatic carbocycles. The molecule has 1 rings (SSSR count). The predicted molar refractivity (Wildman–Crippen MR) is 74.9 cm³/mol. The molecule has 2 nitrogen and oxygen atoms in total. The Hall–Kier alpha value is -0.670. The van der Waals surface area contributed by atoms with Crippen molar-refractivity contribution in [2.75, 3.05) is 5.75 Å². The van der Waals surface area contributed by atoms with Gasteiger partial charge in [0.15, 0.2) is 0 Å². The summed E-state index contributed by atoms with van der Waals surface area (Å²) in [5.41, 5.74) is 6.18. The molecule has 0 spiro atoms. The number of nitrogen functional groups attached to an aromatic ring is 1. The lowest BCUT2D eigenvalue weighted by Crippen LogP contribution is -2.10. The van der Waals surface area contributed by atoms with E-state index in [0.717, 1.165) is 17.2 Å². The number of rotatable bonds is 5. The Morgan fingerprint density at radius 2 is 1.94 bits per heavy atom. The summed E-state index contributed by atoms with van der Waals surface area (Å²) in [5, 5.41) is 7.28. The molecule has 0 saturated heterocycles. The lowest BCUT2D eigenvalue weighted by Gasteiger charge is -2.07. The molecular formula is C12H19ClN2S. The Balaban J connectivity index is 0.00000225. The van der Waals surface area contributed by atoms with E-state index in [9.17, 15) is 0 Å². The van der Waals surface area contributed by atoms with Crippen molar-refractivity contribution in [3.05, 3.63) is 29.8 Å². The van der Waals surface area contributed by atoms with Gasteiger partial charge in [-0.1, -0.05) is 32.4 Å². The number of hydrogen-bond acceptors (Lipinski definition) is 2. The smallest absolute Gasteiger partial charge is 0.122 e. The second-order valence-electron chi connectivity index (χ2n) is 3.76. The van der Waals surface area contributed by atoms with Crippen LogP contribution in [0.15, 0.2) is 29.2 Å². The highest BCUT2D eigenvalue weighted by atomic mass is 35.5. The summed E-state index contributed by atoms with van der Waals surface area (Å²) in [6.07, 6.45) is 1.22. The summed E-state index contributed by atoms with van der Waals surface area (Å²) in [5.74, 6) is 2.03. The van der Waals surface area contributed by atoms with Gasteiger partial charge in [-0.15, -0.1) is 24.2 Å². The third-order valence-electron chi connectivity index (χ3n) is 2.40. The van der Waals surface area contributed by atoms with E-state index in [1.807, 2.05) is 36.0 Å². The monoisotopic (exact) mass is 258 g/mol. The minimum Gasteiger partial charge on any atom is -0.384 e. The van der Waals surface area contributed by atoms with Gasteiger partial charge in [-0.2, -0.15) is 0 Å². The molecule has 0 radical (unpaired) electrons. The highest BCUT2D eigenvalue weighted by molar-refractivity contribution is 7.99. The SMILES string of the molecule is CCC(C)CSc1ccc(C(=N)N)cc1.Cl. The molecule has 0 saturated carbocycles. The van der Waals surface area contributed by atoms with Crippen molar-refractivity contribution >= 4 is 30.0 Å². The Morgan fingerprint density at radius 3 is 2.38 bits per heavy atom. The highest BCUT2D eigenvalue weighted by Crippen LogP contribution is 2.22. The van der Waals surface area contributed by atoms with Gasteiger partial charge < -0.3 is 5.73 Å². The van der Waals surface area contributed by atoms with Crippen LogP contribution in [0.2, 0.25) is 0 Å². The van der Waals surface area contributed by atoms with Crippen molar-refractivity contribution in [2.24, 2.45) is 11.7 Å². The van der Waals surface area contributed by atoms with Crippen molar-refractivity contribution < 1.29 is 0 Å². The molecule has 3 N–H and O–H groups in total. The molecule has 1 aromatic rings. The fourth-order valence-corrected chi connectivity index (χ4v) is 2.13. The summed E-state index contributed by atoms with van der Waals surface area (Å²) in [7, 11) is 0. The van der Waals surface area contributed by atoms with Crippen molar-refractivity contribution in [3.63, 3.8) is 0 Å². The molecule has 0 aliphatic rings. The average Bonchev–Trinajstić information content (AvgIpc) is 2.26. The van der Waals surface area contributed by atoms with Gasteiger partial charge in [0, 0.05) is 16.2 Å². The Bertz CT molecular complexity index is 324. The normalized spacial score (nSPS) is 11.6. The van der Waals surface area contributed by atoms with Crippen LogP contribution in [0.3, 0.4) is 0 Å². The molecule has 0 aliphatic heterocycles. The lowest BCUT2D eigenvalue weighted by atomic mass is 10.2. The molecular weight excluding hydrogens is 240 g/mol. The number of nitrogens with two attached hydrogens (primary N) is 1. The van der Waals surface area contributed by atoms with E-state index < -0.39 is 0 Å². The van der Waals surface area contributed by atoms with E-state index in [0.29, 0.717) is 0 Å². The Labute approximate surface area is 108 Å². The van der Waals surface area contributed by atoms with E-state index in [1.165, 1.54) is 11.3 Å². The first-order valence-corrected chi connectivity index (χ1v) is 6.19. The quantitative estimate of drug-likeness (QED) is 0.482. The highest BCUT2D eigenvalue weighted by Gasteiger charge is 2.01. The molecule has 0 bridgehead atoms. The molecule has 1 aromatic carbocycles. The largest absolute Gasteiger partial charge is 0.384 e. The summed E-state index contributed by atoms with van der Waals surface area (Å²) < 4.78 is 0.